The van der Waals surface area contributed by atoms with Crippen molar-refractivity contribution >= 4 is 27.5 Å². The predicted molar refractivity (Wildman–Crippen MR) is 68.3 cm³/mol. The summed E-state index contributed by atoms with van der Waals surface area (Å²) in [5.74, 6) is -0.147. The van der Waals surface area contributed by atoms with E-state index in [0.29, 0.717) is 6.54 Å². The minimum absolute atomic E-state index is 0.147. The third-order valence-corrected chi connectivity index (χ3v) is 3.71. The van der Waals surface area contributed by atoms with E-state index in [2.05, 4.69) is 20.8 Å². The molecular formula is C12H14BrClFN. The van der Waals surface area contributed by atoms with Crippen LogP contribution in [0.4, 0.5) is 4.39 Å². The first-order valence-corrected chi connectivity index (χ1v) is 6.68. The van der Waals surface area contributed by atoms with Gasteiger partial charge in [-0.15, -0.1) is 11.6 Å². The molecule has 0 amide bonds. The molecule has 4 heteroatoms. The predicted octanol–water partition coefficient (Wildman–Crippen LogP) is 3.79. The Balaban J connectivity index is 2.02. The van der Waals surface area contributed by atoms with Crippen molar-refractivity contribution in [2.75, 3.05) is 13.1 Å². The van der Waals surface area contributed by atoms with Crippen molar-refractivity contribution in [3.63, 3.8) is 0 Å². The Morgan fingerprint density at radius 1 is 1.50 bits per heavy atom. The molecule has 0 aliphatic carbocycles. The van der Waals surface area contributed by atoms with E-state index in [4.69, 9.17) is 11.6 Å². The molecule has 0 saturated carbocycles. The van der Waals surface area contributed by atoms with E-state index in [1.54, 1.807) is 0 Å². The van der Waals surface area contributed by atoms with E-state index >= 15 is 0 Å². The van der Waals surface area contributed by atoms with Crippen molar-refractivity contribution in [2.45, 2.75) is 24.8 Å². The van der Waals surface area contributed by atoms with Gasteiger partial charge in [0.05, 0.1) is 0 Å². The number of halogens is 3. The largest absolute Gasteiger partial charge is 0.298 e. The molecule has 1 nitrogen and oxygen atoms in total. The standard InChI is InChI=1S/C12H14BrClFN/c13-10-4-3-9(12(15)6-10)7-16-5-1-2-11(14)8-16/h3-4,6,11H,1-2,5,7-8H2. The van der Waals surface area contributed by atoms with E-state index in [-0.39, 0.29) is 11.2 Å². The normalized spacial score (nSPS) is 22.3. The molecule has 2 rings (SSSR count). The lowest BCUT2D eigenvalue weighted by Crippen LogP contribution is -2.35. The van der Waals surface area contributed by atoms with E-state index in [1.165, 1.54) is 6.07 Å². The topological polar surface area (TPSA) is 3.24 Å². The maximum Gasteiger partial charge on any atom is 0.128 e. The lowest BCUT2D eigenvalue weighted by Gasteiger charge is -2.29. The molecule has 0 bridgehead atoms. The number of likely N-dealkylation sites (tertiary alicyclic amines) is 1. The molecular weight excluding hydrogens is 292 g/mol. The van der Waals surface area contributed by atoms with Gasteiger partial charge in [0, 0.05) is 28.5 Å². The lowest BCUT2D eigenvalue weighted by molar-refractivity contribution is 0.221. The Hall–Kier alpha value is -0.120. The van der Waals surface area contributed by atoms with E-state index in [0.717, 1.165) is 36.0 Å². The highest BCUT2D eigenvalue weighted by Gasteiger charge is 2.18. The quantitative estimate of drug-likeness (QED) is 0.751. The fourth-order valence-corrected chi connectivity index (χ4v) is 2.72. The molecule has 0 spiro atoms. The van der Waals surface area contributed by atoms with Crippen LogP contribution in [0.2, 0.25) is 0 Å². The second-order valence-corrected chi connectivity index (χ2v) is 5.74. The Morgan fingerprint density at radius 3 is 3.00 bits per heavy atom. The first-order valence-electron chi connectivity index (χ1n) is 5.45. The Labute approximate surface area is 109 Å². The average Bonchev–Trinajstić information content (AvgIpc) is 2.22. The van der Waals surface area contributed by atoms with Crippen molar-refractivity contribution in [2.24, 2.45) is 0 Å². The zero-order valence-electron chi connectivity index (χ0n) is 8.93. The number of hydrogen-bond acceptors (Lipinski definition) is 1. The summed E-state index contributed by atoms with van der Waals surface area (Å²) in [5, 5.41) is 0.215. The summed E-state index contributed by atoms with van der Waals surface area (Å²) in [7, 11) is 0. The van der Waals surface area contributed by atoms with Gasteiger partial charge in [-0.25, -0.2) is 4.39 Å². The van der Waals surface area contributed by atoms with Crippen LogP contribution in [-0.2, 0) is 6.54 Å². The number of piperidine rings is 1. The summed E-state index contributed by atoms with van der Waals surface area (Å²) >= 11 is 9.36. The highest BCUT2D eigenvalue weighted by atomic mass is 79.9. The fraction of sp³-hybridized carbons (Fsp3) is 0.500. The van der Waals surface area contributed by atoms with E-state index in [9.17, 15) is 4.39 Å². The average molecular weight is 307 g/mol. The molecule has 0 aromatic heterocycles. The van der Waals surface area contributed by atoms with Crippen LogP contribution in [-0.4, -0.2) is 23.4 Å². The summed E-state index contributed by atoms with van der Waals surface area (Å²) in [6.07, 6.45) is 2.17. The summed E-state index contributed by atoms with van der Waals surface area (Å²) < 4.78 is 14.4. The Kier molecular flexibility index (Phi) is 4.22. The van der Waals surface area contributed by atoms with Gasteiger partial charge in [-0.1, -0.05) is 22.0 Å². The zero-order chi connectivity index (χ0) is 11.5. The third kappa shape index (κ3) is 3.19. The highest BCUT2D eigenvalue weighted by molar-refractivity contribution is 9.10. The number of rotatable bonds is 2. The van der Waals surface area contributed by atoms with Crippen LogP contribution in [0.15, 0.2) is 22.7 Å². The first-order chi connectivity index (χ1) is 7.65. The fourth-order valence-electron chi connectivity index (χ4n) is 2.03. The number of nitrogens with zero attached hydrogens (tertiary/aromatic N) is 1. The maximum atomic E-state index is 13.6. The van der Waals surface area contributed by atoms with Crippen LogP contribution in [0.3, 0.4) is 0 Å². The monoisotopic (exact) mass is 305 g/mol. The van der Waals surface area contributed by atoms with Gasteiger partial charge in [0.1, 0.15) is 5.82 Å². The third-order valence-electron chi connectivity index (χ3n) is 2.86. The molecule has 1 aromatic rings. The smallest absolute Gasteiger partial charge is 0.128 e. The van der Waals surface area contributed by atoms with Crippen molar-refractivity contribution < 1.29 is 4.39 Å². The van der Waals surface area contributed by atoms with Crippen molar-refractivity contribution in [1.29, 1.82) is 0 Å². The van der Waals surface area contributed by atoms with Gasteiger partial charge in [-0.3, -0.25) is 4.90 Å². The van der Waals surface area contributed by atoms with Crippen molar-refractivity contribution in [3.05, 3.63) is 34.1 Å². The maximum absolute atomic E-state index is 13.6. The van der Waals surface area contributed by atoms with Crippen LogP contribution in [0.5, 0.6) is 0 Å². The zero-order valence-corrected chi connectivity index (χ0v) is 11.3. The SMILES string of the molecule is Fc1cc(Br)ccc1CN1CCCC(Cl)C1. The van der Waals surface area contributed by atoms with E-state index < -0.39 is 0 Å². The van der Waals surface area contributed by atoms with Crippen LogP contribution in [0, 0.1) is 5.82 Å². The van der Waals surface area contributed by atoms with Gasteiger partial charge < -0.3 is 0 Å². The molecule has 88 valence electrons. The van der Waals surface area contributed by atoms with Gasteiger partial charge in [0.2, 0.25) is 0 Å². The molecule has 1 heterocycles. The minimum Gasteiger partial charge on any atom is -0.298 e. The van der Waals surface area contributed by atoms with Crippen LogP contribution >= 0.6 is 27.5 Å². The summed E-state index contributed by atoms with van der Waals surface area (Å²) in [6.45, 7) is 2.53. The molecule has 1 fully saturated rings. The molecule has 1 saturated heterocycles. The van der Waals surface area contributed by atoms with Crippen LogP contribution < -0.4 is 0 Å². The van der Waals surface area contributed by atoms with Crippen LogP contribution in [0.25, 0.3) is 0 Å². The van der Waals surface area contributed by atoms with Crippen molar-refractivity contribution in [3.8, 4) is 0 Å². The van der Waals surface area contributed by atoms with Gasteiger partial charge in [-0.05, 0) is 31.5 Å². The van der Waals surface area contributed by atoms with Gasteiger partial charge in [-0.2, -0.15) is 0 Å². The van der Waals surface area contributed by atoms with Gasteiger partial charge >= 0.3 is 0 Å². The molecule has 16 heavy (non-hydrogen) atoms. The summed E-state index contributed by atoms with van der Waals surface area (Å²) in [6, 6.07) is 5.22. The molecule has 0 radical (unpaired) electrons. The summed E-state index contributed by atoms with van der Waals surface area (Å²) in [4.78, 5) is 2.22. The molecule has 1 atom stereocenters. The first kappa shape index (κ1) is 12.3. The Morgan fingerprint density at radius 2 is 2.31 bits per heavy atom. The minimum atomic E-state index is -0.147. The molecule has 1 aliphatic rings. The Bertz CT molecular complexity index is 372. The number of benzene rings is 1. The van der Waals surface area contributed by atoms with Gasteiger partial charge in [0.15, 0.2) is 0 Å². The molecule has 0 N–H and O–H groups in total. The molecule has 1 aliphatic heterocycles. The highest BCUT2D eigenvalue weighted by Crippen LogP contribution is 2.20. The van der Waals surface area contributed by atoms with Crippen LogP contribution in [0.1, 0.15) is 18.4 Å². The van der Waals surface area contributed by atoms with Gasteiger partial charge in [0.25, 0.3) is 0 Å². The number of hydrogen-bond donors (Lipinski definition) is 0. The lowest BCUT2D eigenvalue weighted by atomic mass is 10.1. The van der Waals surface area contributed by atoms with E-state index in [1.807, 2.05) is 12.1 Å². The second kappa shape index (κ2) is 5.48. The summed E-state index contributed by atoms with van der Waals surface area (Å²) in [5.41, 5.74) is 0.744. The molecule has 1 unspecified atom stereocenters. The number of alkyl halides is 1. The molecule has 1 aromatic carbocycles. The second-order valence-electron chi connectivity index (χ2n) is 4.21. The van der Waals surface area contributed by atoms with Crippen molar-refractivity contribution in [1.82, 2.24) is 4.90 Å².